The van der Waals surface area contributed by atoms with Crippen LogP contribution in [0.15, 0.2) is 12.1 Å². The molecule has 0 aromatic heterocycles. The molecule has 0 aliphatic rings. The number of hydrogen-bond donors (Lipinski definition) is 0. The van der Waals surface area contributed by atoms with E-state index in [4.69, 9.17) is 44.3 Å². The van der Waals surface area contributed by atoms with Crippen LogP contribution >= 0.6 is 34.8 Å². The topological polar surface area (TPSA) is 52.6 Å². The molecule has 1 unspecified atom stereocenters. The van der Waals surface area contributed by atoms with E-state index < -0.39 is 11.9 Å². The van der Waals surface area contributed by atoms with Crippen molar-refractivity contribution in [2.24, 2.45) is 0 Å². The second kappa shape index (κ2) is 10.8. The highest BCUT2D eigenvalue weighted by Crippen LogP contribution is 2.34. The molecule has 0 aliphatic carbocycles. The van der Waals surface area contributed by atoms with E-state index in [1.807, 2.05) is 6.92 Å². The maximum absolute atomic E-state index is 11.8. The summed E-state index contributed by atoms with van der Waals surface area (Å²) >= 11 is 17.6. The second-order valence-corrected chi connectivity index (χ2v) is 6.69. The number of halogens is 3. The molecule has 0 fully saturated rings. The highest BCUT2D eigenvalue weighted by Gasteiger charge is 2.15. The van der Waals surface area contributed by atoms with Gasteiger partial charge in [0.1, 0.15) is 0 Å². The molecule has 0 saturated carbocycles. The minimum atomic E-state index is -0.592. The van der Waals surface area contributed by atoms with Crippen molar-refractivity contribution < 1.29 is 19.1 Å². The summed E-state index contributed by atoms with van der Waals surface area (Å²) in [5.41, 5.74) is 0. The summed E-state index contributed by atoms with van der Waals surface area (Å²) in [7, 11) is 0. The lowest BCUT2D eigenvalue weighted by Crippen LogP contribution is -2.17. The molecule has 134 valence electrons. The van der Waals surface area contributed by atoms with Gasteiger partial charge in [-0.2, -0.15) is 0 Å². The van der Waals surface area contributed by atoms with Crippen LogP contribution in [-0.4, -0.2) is 18.0 Å². The van der Waals surface area contributed by atoms with Crippen LogP contribution in [0.5, 0.6) is 5.75 Å². The average molecular weight is 396 g/mol. The third-order valence-corrected chi connectivity index (χ3v) is 4.30. The lowest BCUT2D eigenvalue weighted by atomic mass is 10.1. The number of hydrogen-bond acceptors (Lipinski definition) is 4. The van der Waals surface area contributed by atoms with Crippen molar-refractivity contribution in [3.8, 4) is 5.75 Å². The van der Waals surface area contributed by atoms with Crippen molar-refractivity contribution >= 4 is 46.7 Å². The molecule has 1 atom stereocenters. The minimum absolute atomic E-state index is 0.0457. The van der Waals surface area contributed by atoms with Gasteiger partial charge in [-0.1, -0.05) is 54.6 Å². The number of rotatable bonds is 9. The Morgan fingerprint density at radius 2 is 1.62 bits per heavy atom. The molecule has 24 heavy (non-hydrogen) atoms. The number of carbonyl (C=O) groups is 2. The summed E-state index contributed by atoms with van der Waals surface area (Å²) in [6.07, 6.45) is 3.77. The first-order valence-corrected chi connectivity index (χ1v) is 9.01. The first-order valence-electron chi connectivity index (χ1n) is 7.88. The van der Waals surface area contributed by atoms with Gasteiger partial charge in [0.25, 0.3) is 0 Å². The number of unbranched alkanes of at least 4 members (excludes halogenated alkanes) is 2. The highest BCUT2D eigenvalue weighted by atomic mass is 35.5. The van der Waals surface area contributed by atoms with Gasteiger partial charge in [-0.3, -0.25) is 9.59 Å². The summed E-state index contributed by atoms with van der Waals surface area (Å²) < 4.78 is 10.3. The van der Waals surface area contributed by atoms with E-state index >= 15 is 0 Å². The Morgan fingerprint density at radius 3 is 2.29 bits per heavy atom. The first-order chi connectivity index (χ1) is 11.3. The van der Waals surface area contributed by atoms with Crippen molar-refractivity contribution in [2.75, 3.05) is 0 Å². The minimum Gasteiger partial charge on any atom is -0.463 e. The molecule has 7 heteroatoms. The van der Waals surface area contributed by atoms with E-state index in [2.05, 4.69) is 6.92 Å². The van der Waals surface area contributed by atoms with Crippen LogP contribution < -0.4 is 4.74 Å². The zero-order valence-electron chi connectivity index (χ0n) is 13.7. The molecule has 0 aliphatic heterocycles. The van der Waals surface area contributed by atoms with Crippen LogP contribution in [0, 0.1) is 0 Å². The van der Waals surface area contributed by atoms with E-state index in [1.54, 1.807) is 0 Å². The molecule has 4 nitrogen and oxygen atoms in total. The van der Waals surface area contributed by atoms with Gasteiger partial charge in [-0.25, -0.2) is 0 Å². The maximum Gasteiger partial charge on any atom is 0.311 e. The van der Waals surface area contributed by atoms with Gasteiger partial charge in [0.2, 0.25) is 0 Å². The lowest BCUT2D eigenvalue weighted by molar-refractivity contribution is -0.151. The molecule has 0 heterocycles. The number of carbonyl (C=O) groups excluding carboxylic acids is 2. The molecule has 0 amide bonds. The van der Waals surface area contributed by atoms with Crippen LogP contribution in [0.25, 0.3) is 0 Å². The number of ether oxygens (including phenoxy) is 2. The van der Waals surface area contributed by atoms with Crippen molar-refractivity contribution in [3.05, 3.63) is 27.2 Å². The fraction of sp³-hybridized carbons (Fsp3) is 0.529. The van der Waals surface area contributed by atoms with Crippen molar-refractivity contribution in [2.45, 2.75) is 58.5 Å². The van der Waals surface area contributed by atoms with Gasteiger partial charge in [0, 0.05) is 6.07 Å². The molecule has 1 aromatic rings. The third kappa shape index (κ3) is 7.73. The Morgan fingerprint density at radius 1 is 1.00 bits per heavy atom. The van der Waals surface area contributed by atoms with Crippen LogP contribution in [0.3, 0.4) is 0 Å². The Labute approximate surface area is 157 Å². The summed E-state index contributed by atoms with van der Waals surface area (Å²) in [5.74, 6) is -0.903. The number of benzene rings is 1. The smallest absolute Gasteiger partial charge is 0.311 e. The third-order valence-electron chi connectivity index (χ3n) is 3.28. The lowest BCUT2D eigenvalue weighted by Gasteiger charge is -2.13. The van der Waals surface area contributed by atoms with Gasteiger partial charge in [-0.05, 0) is 25.8 Å². The van der Waals surface area contributed by atoms with E-state index in [-0.39, 0.29) is 39.8 Å². The molecule has 0 radical (unpaired) electrons. The standard InChI is InChI=1S/C17H21Cl3O4/c1-3-4-5-6-11(2)23-16(21)7-8-17(22)24-15-10-13(19)12(18)9-14(15)20/h9-11H,3-8H2,1-2H3. The number of esters is 2. The van der Waals surface area contributed by atoms with Crippen molar-refractivity contribution in [3.63, 3.8) is 0 Å². The van der Waals surface area contributed by atoms with E-state index in [1.165, 1.54) is 12.1 Å². The normalized spacial score (nSPS) is 11.9. The van der Waals surface area contributed by atoms with Gasteiger partial charge < -0.3 is 9.47 Å². The van der Waals surface area contributed by atoms with Crippen molar-refractivity contribution in [1.82, 2.24) is 0 Å². The monoisotopic (exact) mass is 394 g/mol. The van der Waals surface area contributed by atoms with Gasteiger partial charge in [0.05, 0.1) is 34.0 Å². The molecule has 0 spiro atoms. The molecular formula is C17H21Cl3O4. The molecule has 0 saturated heterocycles. The Bertz CT molecular complexity index is 575. The molecular weight excluding hydrogens is 375 g/mol. The van der Waals surface area contributed by atoms with Gasteiger partial charge in [-0.15, -0.1) is 0 Å². The Kier molecular flexibility index (Phi) is 9.49. The summed E-state index contributed by atoms with van der Waals surface area (Å²) in [6, 6.07) is 2.75. The fourth-order valence-corrected chi connectivity index (χ4v) is 2.56. The van der Waals surface area contributed by atoms with Crippen LogP contribution in [0.2, 0.25) is 15.1 Å². The predicted octanol–water partition coefficient (Wildman–Crippen LogP) is 5.84. The summed E-state index contributed by atoms with van der Waals surface area (Å²) in [4.78, 5) is 23.5. The average Bonchev–Trinajstić information content (AvgIpc) is 2.51. The van der Waals surface area contributed by atoms with Crippen LogP contribution in [-0.2, 0) is 14.3 Å². The molecule has 0 N–H and O–H groups in total. The van der Waals surface area contributed by atoms with Crippen LogP contribution in [0.1, 0.15) is 52.4 Å². The second-order valence-electron chi connectivity index (χ2n) is 5.47. The largest absolute Gasteiger partial charge is 0.463 e. The Hall–Kier alpha value is -0.970. The van der Waals surface area contributed by atoms with Crippen molar-refractivity contribution in [1.29, 1.82) is 0 Å². The van der Waals surface area contributed by atoms with Crippen LogP contribution in [0.4, 0.5) is 0 Å². The van der Waals surface area contributed by atoms with E-state index in [0.717, 1.165) is 25.7 Å². The van der Waals surface area contributed by atoms with E-state index in [0.29, 0.717) is 0 Å². The predicted molar refractivity (Wildman–Crippen MR) is 96.0 cm³/mol. The SMILES string of the molecule is CCCCCC(C)OC(=O)CCC(=O)Oc1cc(Cl)c(Cl)cc1Cl. The van der Waals surface area contributed by atoms with E-state index in [9.17, 15) is 9.59 Å². The summed E-state index contributed by atoms with van der Waals surface area (Å²) in [6.45, 7) is 3.96. The zero-order valence-corrected chi connectivity index (χ0v) is 16.0. The fourth-order valence-electron chi connectivity index (χ4n) is 1.98. The molecule has 1 aromatic carbocycles. The Balaban J connectivity index is 2.38. The quantitative estimate of drug-likeness (QED) is 0.228. The summed E-state index contributed by atoms with van der Waals surface area (Å²) in [5, 5.41) is 0.663. The van der Waals surface area contributed by atoms with Gasteiger partial charge in [0.15, 0.2) is 5.75 Å². The zero-order chi connectivity index (χ0) is 18.1. The van der Waals surface area contributed by atoms with Gasteiger partial charge >= 0.3 is 11.9 Å². The molecule has 1 rings (SSSR count). The highest BCUT2D eigenvalue weighted by molar-refractivity contribution is 6.43. The molecule has 0 bridgehead atoms. The first kappa shape index (κ1) is 21.1. The maximum atomic E-state index is 11.8.